The first-order valence-electron chi connectivity index (χ1n) is 6.21. The van der Waals surface area contributed by atoms with E-state index in [-0.39, 0.29) is 12.5 Å². The van der Waals surface area contributed by atoms with Crippen LogP contribution < -0.4 is 5.32 Å². The molecule has 0 spiro atoms. The zero-order valence-corrected chi connectivity index (χ0v) is 10.1. The first-order chi connectivity index (χ1) is 7.38. The van der Waals surface area contributed by atoms with Crippen LogP contribution in [0.15, 0.2) is 0 Å². The monoisotopic (exact) mass is 237 g/mol. The smallest absolute Gasteiger partial charge is 0.312 e. The Morgan fingerprint density at radius 1 is 1.25 bits per heavy atom. The lowest BCUT2D eigenvalue weighted by Gasteiger charge is -2.34. The second-order valence-electron chi connectivity index (χ2n) is 5.05. The van der Waals surface area contributed by atoms with Crippen molar-refractivity contribution in [1.82, 2.24) is 5.32 Å². The van der Waals surface area contributed by atoms with Gasteiger partial charge in [-0.25, -0.2) is 0 Å². The highest BCUT2D eigenvalue weighted by Crippen LogP contribution is 2.29. The van der Waals surface area contributed by atoms with Crippen LogP contribution in [-0.4, -0.2) is 18.3 Å². The van der Waals surface area contributed by atoms with Crippen LogP contribution in [0.3, 0.4) is 0 Å². The molecule has 0 aromatic rings. The Morgan fingerprint density at radius 2 is 1.88 bits per heavy atom. The van der Waals surface area contributed by atoms with Crippen molar-refractivity contribution < 1.29 is 13.2 Å². The maximum atomic E-state index is 11.9. The van der Waals surface area contributed by atoms with Gasteiger partial charge in [-0.05, 0) is 45.4 Å². The Labute approximate surface area is 95.8 Å². The molecule has 0 aromatic carbocycles. The normalized spacial score (nSPS) is 21.6. The van der Waals surface area contributed by atoms with Crippen molar-refractivity contribution in [1.29, 1.82) is 0 Å². The van der Waals surface area contributed by atoms with Crippen LogP contribution in [0.1, 0.15) is 52.4 Å². The van der Waals surface area contributed by atoms with Crippen molar-refractivity contribution >= 4 is 0 Å². The van der Waals surface area contributed by atoms with Crippen LogP contribution in [0.5, 0.6) is 0 Å². The average Bonchev–Trinajstić information content (AvgIpc) is 1.96. The van der Waals surface area contributed by atoms with Crippen LogP contribution in [0.25, 0.3) is 0 Å². The molecule has 1 saturated carbocycles. The summed E-state index contributed by atoms with van der Waals surface area (Å²) in [5, 5.41) is 3.40. The maximum Gasteiger partial charge on any atom is 0.389 e. The third-order valence-corrected chi connectivity index (χ3v) is 3.50. The summed E-state index contributed by atoms with van der Waals surface area (Å²) in [4.78, 5) is 0. The number of hydrogen-bond donors (Lipinski definition) is 1. The highest BCUT2D eigenvalue weighted by atomic mass is 19.4. The van der Waals surface area contributed by atoms with Crippen molar-refractivity contribution in [3.8, 4) is 0 Å². The molecular formula is C12H22F3N. The fraction of sp³-hybridized carbons (Fsp3) is 1.00. The molecule has 0 aromatic heterocycles. The molecule has 0 bridgehead atoms. The topological polar surface area (TPSA) is 12.0 Å². The lowest BCUT2D eigenvalue weighted by molar-refractivity contribution is -0.135. The number of hydrogen-bond acceptors (Lipinski definition) is 1. The molecule has 1 nitrogen and oxygen atoms in total. The third kappa shape index (κ3) is 5.19. The number of alkyl halides is 3. The fourth-order valence-corrected chi connectivity index (χ4v) is 2.22. The molecule has 2 atom stereocenters. The van der Waals surface area contributed by atoms with Gasteiger partial charge in [-0.1, -0.05) is 6.42 Å². The summed E-state index contributed by atoms with van der Waals surface area (Å²) >= 11 is 0. The van der Waals surface area contributed by atoms with Crippen molar-refractivity contribution in [3.63, 3.8) is 0 Å². The van der Waals surface area contributed by atoms with Crippen LogP contribution in [0.4, 0.5) is 13.2 Å². The van der Waals surface area contributed by atoms with E-state index in [9.17, 15) is 13.2 Å². The molecule has 1 aliphatic rings. The molecule has 0 saturated heterocycles. The van der Waals surface area contributed by atoms with E-state index in [0.717, 1.165) is 5.92 Å². The summed E-state index contributed by atoms with van der Waals surface area (Å²) < 4.78 is 35.8. The van der Waals surface area contributed by atoms with E-state index in [1.807, 2.05) is 6.92 Å². The Morgan fingerprint density at radius 3 is 2.31 bits per heavy atom. The van der Waals surface area contributed by atoms with Gasteiger partial charge in [-0.15, -0.1) is 0 Å². The molecule has 16 heavy (non-hydrogen) atoms. The van der Waals surface area contributed by atoms with Gasteiger partial charge in [-0.3, -0.25) is 0 Å². The summed E-state index contributed by atoms with van der Waals surface area (Å²) in [5.74, 6) is 0.741. The number of rotatable bonds is 6. The highest BCUT2D eigenvalue weighted by Gasteiger charge is 2.27. The van der Waals surface area contributed by atoms with Crippen molar-refractivity contribution in [2.45, 2.75) is 70.6 Å². The van der Waals surface area contributed by atoms with Gasteiger partial charge in [0.05, 0.1) is 0 Å². The highest BCUT2D eigenvalue weighted by molar-refractivity contribution is 4.81. The van der Waals surface area contributed by atoms with Gasteiger partial charge >= 0.3 is 6.18 Å². The van der Waals surface area contributed by atoms with Crippen LogP contribution >= 0.6 is 0 Å². The molecule has 4 heteroatoms. The molecule has 2 unspecified atom stereocenters. The quantitative estimate of drug-likeness (QED) is 0.739. The van der Waals surface area contributed by atoms with E-state index < -0.39 is 12.6 Å². The van der Waals surface area contributed by atoms with Crippen LogP contribution in [0, 0.1) is 5.92 Å². The zero-order valence-electron chi connectivity index (χ0n) is 10.1. The fourth-order valence-electron chi connectivity index (χ4n) is 2.22. The van der Waals surface area contributed by atoms with Crippen molar-refractivity contribution in [2.24, 2.45) is 5.92 Å². The zero-order chi connectivity index (χ0) is 12.2. The number of nitrogens with one attached hydrogen (secondary N) is 1. The van der Waals surface area contributed by atoms with E-state index >= 15 is 0 Å². The van der Waals surface area contributed by atoms with Gasteiger partial charge in [0.2, 0.25) is 0 Å². The molecule has 0 heterocycles. The summed E-state index contributed by atoms with van der Waals surface area (Å²) in [7, 11) is 0. The predicted octanol–water partition coefficient (Wildman–Crippen LogP) is 3.89. The minimum Gasteiger partial charge on any atom is -0.312 e. The largest absolute Gasteiger partial charge is 0.389 e. The van der Waals surface area contributed by atoms with E-state index in [1.54, 1.807) is 0 Å². The van der Waals surface area contributed by atoms with Gasteiger partial charge < -0.3 is 5.32 Å². The van der Waals surface area contributed by atoms with E-state index in [4.69, 9.17) is 0 Å². The molecule has 1 fully saturated rings. The molecule has 0 radical (unpaired) electrons. The van der Waals surface area contributed by atoms with Gasteiger partial charge in [0.15, 0.2) is 0 Å². The van der Waals surface area contributed by atoms with Gasteiger partial charge in [0, 0.05) is 18.5 Å². The summed E-state index contributed by atoms with van der Waals surface area (Å²) in [6.07, 6.45) is 0.0216. The van der Waals surface area contributed by atoms with Crippen molar-refractivity contribution in [3.05, 3.63) is 0 Å². The minimum atomic E-state index is -4.00. The Kier molecular flexibility index (Phi) is 5.09. The number of halogens is 3. The second-order valence-corrected chi connectivity index (χ2v) is 5.05. The minimum absolute atomic E-state index is 0.193. The van der Waals surface area contributed by atoms with Crippen molar-refractivity contribution in [2.75, 3.05) is 0 Å². The molecule has 1 N–H and O–H groups in total. The summed E-state index contributed by atoms with van der Waals surface area (Å²) in [6, 6.07) is 0.646. The Bertz CT molecular complexity index is 199. The molecule has 96 valence electrons. The first-order valence-corrected chi connectivity index (χ1v) is 6.21. The van der Waals surface area contributed by atoms with Gasteiger partial charge in [-0.2, -0.15) is 13.2 Å². The third-order valence-electron chi connectivity index (χ3n) is 3.50. The van der Waals surface area contributed by atoms with Crippen LogP contribution in [0.2, 0.25) is 0 Å². The van der Waals surface area contributed by atoms with Gasteiger partial charge in [0.1, 0.15) is 0 Å². The molecule has 0 aliphatic heterocycles. The van der Waals surface area contributed by atoms with E-state index in [0.29, 0.717) is 12.5 Å². The van der Waals surface area contributed by atoms with E-state index in [2.05, 4.69) is 12.2 Å². The lowest BCUT2D eigenvalue weighted by Crippen LogP contribution is -2.41. The summed E-state index contributed by atoms with van der Waals surface area (Å²) in [5.41, 5.74) is 0. The van der Waals surface area contributed by atoms with Crippen LogP contribution in [-0.2, 0) is 0 Å². The standard InChI is InChI=1S/C12H22F3N/c1-9(5-4-8-12(13,14)15)16-10(2)11-6-3-7-11/h9-11,16H,3-8H2,1-2H3. The maximum absolute atomic E-state index is 11.9. The van der Waals surface area contributed by atoms with Gasteiger partial charge in [0.25, 0.3) is 0 Å². The summed E-state index contributed by atoms with van der Waals surface area (Å²) in [6.45, 7) is 4.12. The predicted molar refractivity (Wildman–Crippen MR) is 59.3 cm³/mol. The molecule has 1 rings (SSSR count). The Balaban J connectivity index is 2.08. The Hall–Kier alpha value is -0.250. The molecule has 1 aliphatic carbocycles. The lowest BCUT2D eigenvalue weighted by atomic mass is 9.80. The average molecular weight is 237 g/mol. The SMILES string of the molecule is CC(CCCC(F)(F)F)NC(C)C1CCC1. The molecular weight excluding hydrogens is 215 g/mol. The second kappa shape index (κ2) is 5.89. The molecule has 0 amide bonds. The van der Waals surface area contributed by atoms with E-state index in [1.165, 1.54) is 19.3 Å². The first kappa shape index (κ1) is 13.8.